The molecule has 78 valence electrons. The molecule has 0 aliphatic heterocycles. The van der Waals surface area contributed by atoms with Crippen LogP contribution >= 0.6 is 0 Å². The number of rotatable bonds is 4. The first-order valence-corrected chi connectivity index (χ1v) is 5.47. The summed E-state index contributed by atoms with van der Waals surface area (Å²) in [5.41, 5.74) is 1.84. The second kappa shape index (κ2) is 6.97. The van der Waals surface area contributed by atoms with Crippen LogP contribution in [0.5, 0.6) is 0 Å². The monoisotopic (exact) mass is 232 g/mol. The minimum Gasteiger partial charge on any atom is -0.790 e. The molecule has 1 rings (SSSR count). The van der Waals surface area contributed by atoms with Gasteiger partial charge in [-0.3, -0.25) is 0 Å². The first kappa shape index (κ1) is 15.5. The Labute approximate surface area is 120 Å². The molecule has 0 aliphatic carbocycles. The van der Waals surface area contributed by atoms with Gasteiger partial charge in [-0.1, -0.05) is 29.8 Å². The quantitative estimate of drug-likeness (QED) is 0.543. The van der Waals surface area contributed by atoms with Gasteiger partial charge in [-0.05, 0) is 32.3 Å². The average molecular weight is 232 g/mol. The van der Waals surface area contributed by atoms with Crippen molar-refractivity contribution in [2.24, 2.45) is 0 Å². The molecule has 1 aromatic carbocycles. The summed E-state index contributed by atoms with van der Waals surface area (Å²) < 4.78 is 0. The van der Waals surface area contributed by atoms with E-state index >= 15 is 0 Å². The molecular weight excluding hydrogens is 215 g/mol. The van der Waals surface area contributed by atoms with Gasteiger partial charge in [0.15, 0.2) is 0 Å². The van der Waals surface area contributed by atoms with Crippen LogP contribution in [-0.4, -0.2) is 16.5 Å². The van der Waals surface area contributed by atoms with Gasteiger partial charge in [0.05, 0.1) is 0 Å². The van der Waals surface area contributed by atoms with Gasteiger partial charge in [0.25, 0.3) is 0 Å². The van der Waals surface area contributed by atoms with Crippen molar-refractivity contribution in [1.82, 2.24) is 0 Å². The predicted molar refractivity (Wildman–Crippen MR) is 62.4 cm³/mol. The van der Waals surface area contributed by atoms with Gasteiger partial charge in [-0.2, -0.15) is 0 Å². The van der Waals surface area contributed by atoms with E-state index in [2.05, 4.69) is 31.2 Å². The normalized spacial score (nSPS) is 14.1. The van der Waals surface area contributed by atoms with E-state index < -0.39 is 5.60 Å². The Morgan fingerprint density at radius 3 is 2.27 bits per heavy atom. The zero-order valence-corrected chi connectivity index (χ0v) is 12.6. The molecule has 0 saturated heterocycles. The van der Waals surface area contributed by atoms with Crippen LogP contribution in [0.3, 0.4) is 0 Å². The topological polar surface area (TPSA) is 20.2 Å². The van der Waals surface area contributed by atoms with Gasteiger partial charge < -0.3 is 17.7 Å². The van der Waals surface area contributed by atoms with Crippen molar-refractivity contribution in [2.75, 3.05) is 5.75 Å². The number of aryl methyl sites for hydroxylation is 2. The van der Waals surface area contributed by atoms with E-state index in [1.165, 1.54) is 11.1 Å². The van der Waals surface area contributed by atoms with E-state index in [9.17, 15) is 5.11 Å². The van der Waals surface area contributed by atoms with Gasteiger partial charge in [-0.15, -0.1) is 5.75 Å². The van der Waals surface area contributed by atoms with Crippen LogP contribution in [0.1, 0.15) is 24.5 Å². The SMILES string of the molecule is Cc1ccc(CCC(C)(O)C[S-])cc1.[Na+]. The largest absolute Gasteiger partial charge is 1.00 e. The molecule has 15 heavy (non-hydrogen) atoms. The molecule has 0 bridgehead atoms. The standard InChI is InChI=1S/C12H18OS.Na/c1-10-3-5-11(6-4-10)7-8-12(2,13)9-14;/h3-6,13-14H,7-9H2,1-2H3;/q;+1/p-1. The Morgan fingerprint density at radius 2 is 1.80 bits per heavy atom. The molecule has 0 saturated carbocycles. The maximum absolute atomic E-state index is 9.73. The zero-order valence-electron chi connectivity index (χ0n) is 9.79. The summed E-state index contributed by atoms with van der Waals surface area (Å²) in [7, 11) is 0. The Balaban J connectivity index is 0.00000196. The Morgan fingerprint density at radius 1 is 1.27 bits per heavy atom. The maximum Gasteiger partial charge on any atom is 1.00 e. The molecule has 1 aromatic rings. The van der Waals surface area contributed by atoms with Crippen LogP contribution in [0.15, 0.2) is 24.3 Å². The second-order valence-electron chi connectivity index (χ2n) is 4.13. The molecule has 1 unspecified atom stereocenters. The Hall–Kier alpha value is 0.530. The molecule has 0 heterocycles. The van der Waals surface area contributed by atoms with Crippen LogP contribution in [0.2, 0.25) is 0 Å². The van der Waals surface area contributed by atoms with Crippen LogP contribution in [0.4, 0.5) is 0 Å². The molecule has 0 aliphatic rings. The fraction of sp³-hybridized carbons (Fsp3) is 0.500. The molecule has 0 radical (unpaired) electrons. The fourth-order valence-corrected chi connectivity index (χ4v) is 1.38. The fourth-order valence-electron chi connectivity index (χ4n) is 1.24. The summed E-state index contributed by atoms with van der Waals surface area (Å²) in [6.07, 6.45) is 1.63. The molecule has 1 N–H and O–H groups in total. The summed E-state index contributed by atoms with van der Waals surface area (Å²) in [4.78, 5) is 0. The minimum absolute atomic E-state index is 0. The Kier molecular flexibility index (Phi) is 7.22. The summed E-state index contributed by atoms with van der Waals surface area (Å²) in [5, 5.41) is 9.73. The summed E-state index contributed by atoms with van der Waals surface area (Å²) in [5.74, 6) is 0.402. The molecule has 0 fully saturated rings. The third kappa shape index (κ3) is 5.98. The molecular formula is C12H17NaOS. The van der Waals surface area contributed by atoms with Crippen LogP contribution in [-0.2, 0) is 19.0 Å². The van der Waals surface area contributed by atoms with Crippen LogP contribution in [0, 0.1) is 6.92 Å². The van der Waals surface area contributed by atoms with Gasteiger partial charge in [0, 0.05) is 5.60 Å². The number of aliphatic hydroxyl groups is 1. The summed E-state index contributed by atoms with van der Waals surface area (Å²) in [6, 6.07) is 8.40. The molecule has 0 aromatic heterocycles. The summed E-state index contributed by atoms with van der Waals surface area (Å²) in [6.45, 7) is 3.87. The minimum atomic E-state index is -0.694. The van der Waals surface area contributed by atoms with Crippen LogP contribution in [0.25, 0.3) is 0 Å². The maximum atomic E-state index is 9.73. The Bertz CT molecular complexity index is 282. The zero-order chi connectivity index (χ0) is 10.6. The van der Waals surface area contributed by atoms with Crippen molar-refractivity contribution >= 4 is 12.6 Å². The molecule has 0 spiro atoms. The first-order valence-electron chi connectivity index (χ1n) is 4.89. The third-order valence-electron chi connectivity index (χ3n) is 2.38. The van der Waals surface area contributed by atoms with E-state index in [4.69, 9.17) is 12.6 Å². The van der Waals surface area contributed by atoms with Gasteiger partial charge in [0.2, 0.25) is 0 Å². The number of hydrogen-bond donors (Lipinski definition) is 1. The van der Waals surface area contributed by atoms with Gasteiger partial charge in [0.1, 0.15) is 0 Å². The molecule has 1 atom stereocenters. The second-order valence-corrected chi connectivity index (χ2v) is 4.42. The first-order chi connectivity index (χ1) is 6.53. The van der Waals surface area contributed by atoms with Crippen LogP contribution < -0.4 is 29.6 Å². The summed E-state index contributed by atoms with van der Waals surface area (Å²) >= 11 is 4.87. The van der Waals surface area contributed by atoms with Crippen molar-refractivity contribution in [3.63, 3.8) is 0 Å². The van der Waals surface area contributed by atoms with E-state index in [1.54, 1.807) is 6.92 Å². The molecule has 1 nitrogen and oxygen atoms in total. The van der Waals surface area contributed by atoms with E-state index in [-0.39, 0.29) is 29.6 Å². The number of benzene rings is 1. The van der Waals surface area contributed by atoms with Crippen molar-refractivity contribution in [3.05, 3.63) is 35.4 Å². The van der Waals surface area contributed by atoms with Crippen molar-refractivity contribution < 1.29 is 34.7 Å². The van der Waals surface area contributed by atoms with Crippen molar-refractivity contribution in [2.45, 2.75) is 32.3 Å². The third-order valence-corrected chi connectivity index (χ3v) is 3.01. The number of hydrogen-bond acceptors (Lipinski definition) is 2. The molecule has 3 heteroatoms. The van der Waals surface area contributed by atoms with Gasteiger partial charge >= 0.3 is 29.6 Å². The van der Waals surface area contributed by atoms with E-state index in [0.717, 1.165) is 12.8 Å². The molecule has 0 amide bonds. The van der Waals surface area contributed by atoms with E-state index in [1.807, 2.05) is 0 Å². The van der Waals surface area contributed by atoms with Crippen molar-refractivity contribution in [3.8, 4) is 0 Å². The average Bonchev–Trinajstić information content (AvgIpc) is 2.17. The smallest absolute Gasteiger partial charge is 0.790 e. The van der Waals surface area contributed by atoms with Crippen molar-refractivity contribution in [1.29, 1.82) is 0 Å². The van der Waals surface area contributed by atoms with E-state index in [0.29, 0.717) is 5.75 Å². The van der Waals surface area contributed by atoms with Gasteiger partial charge in [-0.25, -0.2) is 0 Å². The predicted octanol–water partition coefficient (Wildman–Crippen LogP) is -0.770.